The van der Waals surface area contributed by atoms with Gasteiger partial charge in [-0.15, -0.1) is 0 Å². The van der Waals surface area contributed by atoms with Gasteiger partial charge in [0.05, 0.1) is 6.61 Å². The topological polar surface area (TPSA) is 58.6 Å². The van der Waals surface area contributed by atoms with Crippen LogP contribution in [0.25, 0.3) is 0 Å². The molecule has 0 radical (unpaired) electrons. The summed E-state index contributed by atoms with van der Waals surface area (Å²) in [5, 5.41) is 12.0. The molecule has 0 aromatic heterocycles. The number of hydrogen-bond acceptors (Lipinski definition) is 3. The highest BCUT2D eigenvalue weighted by Gasteiger charge is 2.16. The van der Waals surface area contributed by atoms with Crippen LogP contribution in [0.1, 0.15) is 17.5 Å². The largest absolute Gasteiger partial charge is 0.454 e. The number of ether oxygens (including phenoxy) is 1. The van der Waals surface area contributed by atoms with Gasteiger partial charge >= 0.3 is 0 Å². The quantitative estimate of drug-likeness (QED) is 0.912. The molecule has 0 saturated heterocycles. The number of fused-ring (bicyclic) bond motifs is 1. The Morgan fingerprint density at radius 1 is 1.24 bits per heavy atom. The van der Waals surface area contributed by atoms with E-state index in [1.54, 1.807) is 24.3 Å². The predicted octanol–water partition coefficient (Wildman–Crippen LogP) is 3.00. The van der Waals surface area contributed by atoms with E-state index in [-0.39, 0.29) is 18.3 Å². The van der Waals surface area contributed by atoms with E-state index in [1.165, 1.54) is 12.1 Å². The molecule has 1 amide bonds. The Kier molecular flexibility index (Phi) is 3.58. The number of anilines is 1. The van der Waals surface area contributed by atoms with Gasteiger partial charge in [0.15, 0.2) is 11.6 Å². The molecule has 3 rings (SSSR count). The number of aliphatic hydroxyl groups is 1. The second-order valence-corrected chi connectivity index (χ2v) is 4.86. The zero-order chi connectivity index (χ0) is 14.8. The number of rotatable bonds is 3. The number of aliphatic hydroxyl groups excluding tert-OH is 1. The maximum absolute atomic E-state index is 13.8. The molecule has 0 spiro atoms. The van der Waals surface area contributed by atoms with Crippen molar-refractivity contribution in [2.75, 3.05) is 5.32 Å². The van der Waals surface area contributed by atoms with Gasteiger partial charge < -0.3 is 15.2 Å². The average Bonchev–Trinajstić information content (AvgIpc) is 2.49. The number of halogens is 1. The summed E-state index contributed by atoms with van der Waals surface area (Å²) in [4.78, 5) is 11.3. The highest BCUT2D eigenvalue weighted by atomic mass is 19.1. The van der Waals surface area contributed by atoms with Crippen molar-refractivity contribution in [2.24, 2.45) is 0 Å². The Labute approximate surface area is 121 Å². The molecule has 0 fully saturated rings. The number of carbonyl (C=O) groups excluding carboxylic acids is 1. The average molecular weight is 287 g/mol. The monoisotopic (exact) mass is 287 g/mol. The third kappa shape index (κ3) is 2.73. The standard InChI is InChI=1S/C16H14FNO3/c17-13-3-1-2-11(9-19)16(13)21-12-5-6-14-10(8-12)4-7-15(20)18-14/h1-3,5-6,8,19H,4,7,9H2,(H,18,20). The van der Waals surface area contributed by atoms with E-state index in [1.807, 2.05) is 0 Å². The van der Waals surface area contributed by atoms with Gasteiger partial charge in [-0.1, -0.05) is 12.1 Å². The van der Waals surface area contributed by atoms with Crippen LogP contribution in [0.3, 0.4) is 0 Å². The second kappa shape index (κ2) is 5.54. The first-order valence-corrected chi connectivity index (χ1v) is 6.66. The van der Waals surface area contributed by atoms with Gasteiger partial charge in [-0.05, 0) is 36.2 Å². The molecule has 1 aliphatic rings. The molecule has 1 aliphatic heterocycles. The lowest BCUT2D eigenvalue weighted by atomic mass is 10.0. The summed E-state index contributed by atoms with van der Waals surface area (Å²) >= 11 is 0. The number of para-hydroxylation sites is 1. The lowest BCUT2D eigenvalue weighted by Crippen LogP contribution is -2.18. The van der Waals surface area contributed by atoms with Crippen molar-refractivity contribution in [3.05, 3.63) is 53.3 Å². The van der Waals surface area contributed by atoms with Gasteiger partial charge in [0.25, 0.3) is 0 Å². The highest BCUT2D eigenvalue weighted by Crippen LogP contribution is 2.32. The van der Waals surface area contributed by atoms with Gasteiger partial charge in [-0.3, -0.25) is 4.79 Å². The second-order valence-electron chi connectivity index (χ2n) is 4.86. The summed E-state index contributed by atoms with van der Waals surface area (Å²) < 4.78 is 19.4. The lowest BCUT2D eigenvalue weighted by molar-refractivity contribution is -0.116. The molecular weight excluding hydrogens is 273 g/mol. The molecule has 0 atom stereocenters. The fourth-order valence-electron chi connectivity index (χ4n) is 2.33. The van der Waals surface area contributed by atoms with E-state index in [0.717, 1.165) is 11.3 Å². The molecule has 21 heavy (non-hydrogen) atoms. The van der Waals surface area contributed by atoms with Crippen molar-refractivity contribution < 1.29 is 19.0 Å². The summed E-state index contributed by atoms with van der Waals surface area (Å²) in [5.41, 5.74) is 2.10. The number of carbonyl (C=O) groups is 1. The van der Waals surface area contributed by atoms with Crippen LogP contribution in [0.5, 0.6) is 11.5 Å². The van der Waals surface area contributed by atoms with Gasteiger partial charge in [-0.25, -0.2) is 4.39 Å². The number of amides is 1. The van der Waals surface area contributed by atoms with E-state index >= 15 is 0 Å². The first kappa shape index (κ1) is 13.6. The van der Waals surface area contributed by atoms with Crippen LogP contribution in [0.2, 0.25) is 0 Å². The molecule has 2 aromatic rings. The van der Waals surface area contributed by atoms with Crippen LogP contribution >= 0.6 is 0 Å². The summed E-state index contributed by atoms with van der Waals surface area (Å²) in [6.07, 6.45) is 1.06. The van der Waals surface area contributed by atoms with Crippen LogP contribution < -0.4 is 10.1 Å². The zero-order valence-electron chi connectivity index (χ0n) is 11.2. The van der Waals surface area contributed by atoms with Crippen LogP contribution in [-0.2, 0) is 17.8 Å². The van der Waals surface area contributed by atoms with Gasteiger partial charge in [0.2, 0.25) is 5.91 Å². The first-order chi connectivity index (χ1) is 10.2. The van der Waals surface area contributed by atoms with Crippen molar-refractivity contribution in [2.45, 2.75) is 19.4 Å². The lowest BCUT2D eigenvalue weighted by Gasteiger charge is -2.18. The minimum absolute atomic E-state index is 0.00663. The van der Waals surface area contributed by atoms with E-state index < -0.39 is 5.82 Å². The molecule has 0 bridgehead atoms. The Bertz CT molecular complexity index is 700. The smallest absolute Gasteiger partial charge is 0.224 e. The summed E-state index contributed by atoms with van der Waals surface area (Å²) in [6, 6.07) is 9.60. The zero-order valence-corrected chi connectivity index (χ0v) is 11.2. The SMILES string of the molecule is O=C1CCc2cc(Oc3c(F)cccc3CO)ccc2N1. The van der Waals surface area contributed by atoms with Crippen molar-refractivity contribution >= 4 is 11.6 Å². The number of benzene rings is 2. The third-order valence-corrected chi connectivity index (χ3v) is 3.41. The van der Waals surface area contributed by atoms with E-state index in [9.17, 15) is 14.3 Å². The normalized spacial score (nSPS) is 13.5. The number of nitrogens with one attached hydrogen (secondary N) is 1. The molecule has 2 aromatic carbocycles. The third-order valence-electron chi connectivity index (χ3n) is 3.41. The molecular formula is C16H14FNO3. The first-order valence-electron chi connectivity index (χ1n) is 6.66. The van der Waals surface area contributed by atoms with E-state index in [4.69, 9.17) is 4.74 Å². The maximum atomic E-state index is 13.8. The Balaban J connectivity index is 1.91. The highest BCUT2D eigenvalue weighted by molar-refractivity contribution is 5.94. The van der Waals surface area contributed by atoms with Crippen molar-refractivity contribution in [1.82, 2.24) is 0 Å². The van der Waals surface area contributed by atoms with Crippen LogP contribution in [0.15, 0.2) is 36.4 Å². The van der Waals surface area contributed by atoms with E-state index in [2.05, 4.69) is 5.32 Å². The van der Waals surface area contributed by atoms with Crippen molar-refractivity contribution in [1.29, 1.82) is 0 Å². The molecule has 2 N–H and O–H groups in total. The summed E-state index contributed by atoms with van der Waals surface area (Å²) in [6.45, 7) is -0.298. The van der Waals surface area contributed by atoms with Crippen LogP contribution in [0, 0.1) is 5.82 Å². The van der Waals surface area contributed by atoms with E-state index in [0.29, 0.717) is 24.2 Å². The molecule has 0 aliphatic carbocycles. The van der Waals surface area contributed by atoms with Crippen LogP contribution in [-0.4, -0.2) is 11.0 Å². The number of hydrogen-bond donors (Lipinski definition) is 2. The minimum atomic E-state index is -0.521. The minimum Gasteiger partial charge on any atom is -0.454 e. The molecule has 5 heteroatoms. The van der Waals surface area contributed by atoms with Gasteiger partial charge in [-0.2, -0.15) is 0 Å². The Hall–Kier alpha value is -2.40. The fraction of sp³-hybridized carbons (Fsp3) is 0.188. The Morgan fingerprint density at radius 2 is 2.10 bits per heavy atom. The van der Waals surface area contributed by atoms with Crippen LogP contribution in [0.4, 0.5) is 10.1 Å². The summed E-state index contributed by atoms with van der Waals surface area (Å²) in [5.74, 6) is -0.0232. The summed E-state index contributed by atoms with van der Waals surface area (Å²) in [7, 11) is 0. The number of aryl methyl sites for hydroxylation is 1. The molecule has 4 nitrogen and oxygen atoms in total. The Morgan fingerprint density at radius 3 is 2.90 bits per heavy atom. The molecule has 108 valence electrons. The van der Waals surface area contributed by atoms with Gasteiger partial charge in [0.1, 0.15) is 5.75 Å². The van der Waals surface area contributed by atoms with Gasteiger partial charge in [0, 0.05) is 17.7 Å². The molecule has 1 heterocycles. The molecule has 0 saturated carbocycles. The van der Waals surface area contributed by atoms with Crippen molar-refractivity contribution in [3.8, 4) is 11.5 Å². The maximum Gasteiger partial charge on any atom is 0.224 e. The molecule has 0 unspecified atom stereocenters. The predicted molar refractivity (Wildman–Crippen MR) is 75.8 cm³/mol. The fourth-order valence-corrected chi connectivity index (χ4v) is 2.33. The van der Waals surface area contributed by atoms with Crippen molar-refractivity contribution in [3.63, 3.8) is 0 Å².